The van der Waals surface area contributed by atoms with E-state index in [-0.39, 0.29) is 11.6 Å². The lowest BCUT2D eigenvalue weighted by molar-refractivity contribution is 0.151. The number of hydrogen-bond donors (Lipinski definition) is 2. The van der Waals surface area contributed by atoms with E-state index in [2.05, 4.69) is 17.9 Å². The monoisotopic (exact) mass is 246 g/mol. The zero-order valence-corrected chi connectivity index (χ0v) is 9.76. The fourth-order valence-corrected chi connectivity index (χ4v) is 1.30. The van der Waals surface area contributed by atoms with Crippen LogP contribution >= 0.6 is 12.6 Å². The number of nitrogens with one attached hydrogen (secondary N) is 1. The minimum atomic E-state index is -2.54. The van der Waals surface area contributed by atoms with Gasteiger partial charge in [0.05, 0.1) is 5.69 Å². The molecule has 0 fully saturated rings. The molecule has 0 unspecified atom stereocenters. The van der Waals surface area contributed by atoms with E-state index in [1.54, 1.807) is 14.1 Å². The zero-order valence-electron chi connectivity index (χ0n) is 8.87. The summed E-state index contributed by atoms with van der Waals surface area (Å²) in [7, 11) is 3.17. The molecule has 0 saturated heterocycles. The Bertz CT molecular complexity index is 396. The third kappa shape index (κ3) is 3.10. The number of urea groups is 1. The Morgan fingerprint density at radius 1 is 1.44 bits per heavy atom. The van der Waals surface area contributed by atoms with Gasteiger partial charge in [-0.15, -0.1) is 12.6 Å². The van der Waals surface area contributed by atoms with Crippen molar-refractivity contribution in [3.8, 4) is 0 Å². The summed E-state index contributed by atoms with van der Waals surface area (Å²) in [5, 5.41) is 2.54. The molecule has 0 heterocycles. The van der Waals surface area contributed by atoms with E-state index < -0.39 is 6.43 Å². The second-order valence-electron chi connectivity index (χ2n) is 3.40. The Kier molecular flexibility index (Phi) is 4.12. The first-order valence-corrected chi connectivity index (χ1v) is 4.96. The standard InChI is InChI=1S/C10H12F2N2OS/c1-14(2)10(15)13-7-4-3-6(9(11)12)5-8(7)16/h3-5,9,16H,1-2H3,(H,13,15). The number of alkyl halides is 2. The molecule has 1 aromatic carbocycles. The van der Waals surface area contributed by atoms with Gasteiger partial charge in [-0.25, -0.2) is 13.6 Å². The molecule has 0 spiro atoms. The molecule has 88 valence electrons. The first-order valence-electron chi connectivity index (χ1n) is 4.51. The summed E-state index contributed by atoms with van der Waals surface area (Å²) in [5.74, 6) is 0. The number of hydrogen-bond acceptors (Lipinski definition) is 2. The summed E-state index contributed by atoms with van der Waals surface area (Å²) < 4.78 is 24.7. The summed E-state index contributed by atoms with van der Waals surface area (Å²) >= 11 is 4.04. The van der Waals surface area contributed by atoms with Gasteiger partial charge in [-0.3, -0.25) is 0 Å². The third-order valence-corrected chi connectivity index (χ3v) is 2.29. The molecule has 0 bridgehead atoms. The summed E-state index contributed by atoms with van der Waals surface area (Å²) in [4.78, 5) is 13.0. The summed E-state index contributed by atoms with van der Waals surface area (Å²) in [5.41, 5.74) is 0.291. The van der Waals surface area contributed by atoms with Gasteiger partial charge in [-0.2, -0.15) is 0 Å². The second kappa shape index (κ2) is 5.16. The Morgan fingerprint density at radius 2 is 2.06 bits per heavy atom. The summed E-state index contributed by atoms with van der Waals surface area (Å²) in [6, 6.07) is 3.57. The highest BCUT2D eigenvalue weighted by Gasteiger charge is 2.11. The van der Waals surface area contributed by atoms with Crippen LogP contribution in [0.1, 0.15) is 12.0 Å². The van der Waals surface area contributed by atoms with E-state index >= 15 is 0 Å². The van der Waals surface area contributed by atoms with Gasteiger partial charge in [0.25, 0.3) is 6.43 Å². The molecule has 1 N–H and O–H groups in total. The number of carbonyl (C=O) groups excluding carboxylic acids is 1. The number of rotatable bonds is 2. The minimum Gasteiger partial charge on any atom is -0.331 e. The van der Waals surface area contributed by atoms with Crippen LogP contribution in [0.4, 0.5) is 19.3 Å². The van der Waals surface area contributed by atoms with E-state index in [4.69, 9.17) is 0 Å². The molecule has 0 aliphatic heterocycles. The SMILES string of the molecule is CN(C)C(=O)Nc1ccc(C(F)F)cc1S. The average Bonchev–Trinajstić information content (AvgIpc) is 2.20. The summed E-state index contributed by atoms with van der Waals surface area (Å²) in [6.07, 6.45) is -2.54. The van der Waals surface area contributed by atoms with Gasteiger partial charge < -0.3 is 10.2 Å². The predicted octanol–water partition coefficient (Wildman–Crippen LogP) is 3.01. The van der Waals surface area contributed by atoms with Crippen molar-refractivity contribution in [1.82, 2.24) is 4.90 Å². The number of benzene rings is 1. The third-order valence-electron chi connectivity index (χ3n) is 1.92. The first kappa shape index (κ1) is 12.8. The number of anilines is 1. The zero-order chi connectivity index (χ0) is 12.3. The molecular formula is C10H12F2N2OS. The van der Waals surface area contributed by atoms with Crippen molar-refractivity contribution < 1.29 is 13.6 Å². The molecule has 0 atom stereocenters. The van der Waals surface area contributed by atoms with E-state index in [0.717, 1.165) is 0 Å². The van der Waals surface area contributed by atoms with E-state index in [9.17, 15) is 13.6 Å². The number of carbonyl (C=O) groups is 1. The number of nitrogens with zero attached hydrogens (tertiary/aromatic N) is 1. The largest absolute Gasteiger partial charge is 0.331 e. The maximum absolute atomic E-state index is 12.3. The van der Waals surface area contributed by atoms with Crippen molar-refractivity contribution >= 4 is 24.3 Å². The highest BCUT2D eigenvalue weighted by molar-refractivity contribution is 7.80. The van der Waals surface area contributed by atoms with Crippen molar-refractivity contribution in [3.63, 3.8) is 0 Å². The highest BCUT2D eigenvalue weighted by atomic mass is 32.1. The maximum atomic E-state index is 12.3. The number of halogens is 2. The molecule has 3 nitrogen and oxygen atoms in total. The van der Waals surface area contributed by atoms with Gasteiger partial charge in [-0.1, -0.05) is 6.07 Å². The van der Waals surface area contributed by atoms with Crippen molar-refractivity contribution in [2.75, 3.05) is 19.4 Å². The lowest BCUT2D eigenvalue weighted by Crippen LogP contribution is -2.27. The van der Waals surface area contributed by atoms with E-state index in [0.29, 0.717) is 10.6 Å². The van der Waals surface area contributed by atoms with Crippen LogP contribution in [-0.2, 0) is 0 Å². The smallest absolute Gasteiger partial charge is 0.321 e. The molecule has 0 radical (unpaired) electrons. The van der Waals surface area contributed by atoms with Crippen molar-refractivity contribution in [2.24, 2.45) is 0 Å². The van der Waals surface area contributed by atoms with Crippen LogP contribution in [0, 0.1) is 0 Å². The number of thiol groups is 1. The fraction of sp³-hybridized carbons (Fsp3) is 0.300. The predicted molar refractivity (Wildman–Crippen MR) is 61.4 cm³/mol. The molecule has 0 aliphatic carbocycles. The van der Waals surface area contributed by atoms with Crippen molar-refractivity contribution in [3.05, 3.63) is 23.8 Å². The maximum Gasteiger partial charge on any atom is 0.321 e. The van der Waals surface area contributed by atoms with Crippen molar-refractivity contribution in [1.29, 1.82) is 0 Å². The van der Waals surface area contributed by atoms with Gasteiger partial charge in [0.2, 0.25) is 0 Å². The van der Waals surface area contributed by atoms with Gasteiger partial charge in [0.1, 0.15) is 0 Å². The molecule has 2 amide bonds. The van der Waals surface area contributed by atoms with Crippen LogP contribution in [0.3, 0.4) is 0 Å². The molecule has 6 heteroatoms. The lowest BCUT2D eigenvalue weighted by Gasteiger charge is -2.13. The van der Waals surface area contributed by atoms with Gasteiger partial charge >= 0.3 is 6.03 Å². The van der Waals surface area contributed by atoms with E-state index in [1.807, 2.05) is 0 Å². The molecule has 0 saturated carbocycles. The van der Waals surface area contributed by atoms with Crippen LogP contribution in [0.15, 0.2) is 23.1 Å². The second-order valence-corrected chi connectivity index (χ2v) is 3.88. The van der Waals surface area contributed by atoms with E-state index in [1.165, 1.54) is 23.1 Å². The minimum absolute atomic E-state index is 0.118. The first-order chi connectivity index (χ1) is 7.41. The van der Waals surface area contributed by atoms with Crippen LogP contribution in [-0.4, -0.2) is 25.0 Å². The Labute approximate surface area is 97.8 Å². The molecule has 16 heavy (non-hydrogen) atoms. The summed E-state index contributed by atoms with van der Waals surface area (Å²) in [6.45, 7) is 0. The van der Waals surface area contributed by atoms with Crippen molar-refractivity contribution in [2.45, 2.75) is 11.3 Å². The molecule has 1 rings (SSSR count). The van der Waals surface area contributed by atoms with Gasteiger partial charge in [0, 0.05) is 24.6 Å². The van der Waals surface area contributed by atoms with Crippen LogP contribution in [0.5, 0.6) is 0 Å². The molecule has 0 aromatic heterocycles. The fourth-order valence-electron chi connectivity index (χ4n) is 1.02. The quantitative estimate of drug-likeness (QED) is 0.772. The van der Waals surface area contributed by atoms with Crippen LogP contribution in [0.2, 0.25) is 0 Å². The normalized spacial score (nSPS) is 10.4. The van der Waals surface area contributed by atoms with Crippen LogP contribution < -0.4 is 5.32 Å². The lowest BCUT2D eigenvalue weighted by atomic mass is 10.2. The molecule has 0 aliphatic rings. The van der Waals surface area contributed by atoms with Gasteiger partial charge in [0.15, 0.2) is 0 Å². The van der Waals surface area contributed by atoms with Crippen LogP contribution in [0.25, 0.3) is 0 Å². The average molecular weight is 246 g/mol. The highest BCUT2D eigenvalue weighted by Crippen LogP contribution is 2.26. The number of amides is 2. The Morgan fingerprint density at radius 3 is 2.50 bits per heavy atom. The molecular weight excluding hydrogens is 234 g/mol. The topological polar surface area (TPSA) is 32.3 Å². The van der Waals surface area contributed by atoms with Gasteiger partial charge in [-0.05, 0) is 12.1 Å². The Hall–Kier alpha value is -1.30. The molecule has 1 aromatic rings. The Balaban J connectivity index is 2.87.